The van der Waals surface area contributed by atoms with E-state index in [0.717, 1.165) is 34.5 Å². The number of hydrogen-bond acceptors (Lipinski definition) is 4. The van der Waals surface area contributed by atoms with Gasteiger partial charge >= 0.3 is 0 Å². The molecule has 1 aliphatic carbocycles. The van der Waals surface area contributed by atoms with E-state index in [9.17, 15) is 0 Å². The van der Waals surface area contributed by atoms with Crippen LogP contribution in [-0.2, 0) is 0 Å². The zero-order valence-electron chi connectivity index (χ0n) is 12.0. The minimum absolute atomic E-state index is 0.516. The molecule has 1 fully saturated rings. The van der Waals surface area contributed by atoms with Gasteiger partial charge in [0.2, 0.25) is 0 Å². The summed E-state index contributed by atoms with van der Waals surface area (Å²) in [6.45, 7) is 5.95. The number of fused-ring (bicyclic) bond motifs is 1. The summed E-state index contributed by atoms with van der Waals surface area (Å²) in [5.74, 6) is 0.892. The van der Waals surface area contributed by atoms with Crippen LogP contribution in [0.25, 0.3) is 11.0 Å². The Bertz CT molecular complexity index is 580. The molecular formula is C15H21N3OS. The van der Waals surface area contributed by atoms with Crippen molar-refractivity contribution in [1.29, 1.82) is 0 Å². The van der Waals surface area contributed by atoms with Crippen LogP contribution in [0.15, 0.2) is 23.4 Å². The molecular weight excluding hydrogens is 270 g/mol. The molecule has 108 valence electrons. The number of nitrogens with one attached hydrogen (secondary N) is 2. The molecule has 0 aliphatic heterocycles. The van der Waals surface area contributed by atoms with E-state index in [1.54, 1.807) is 11.8 Å². The number of rotatable bonds is 7. The summed E-state index contributed by atoms with van der Waals surface area (Å²) in [5.41, 5.74) is 2.04. The zero-order chi connectivity index (χ0) is 13.9. The lowest BCUT2D eigenvalue weighted by atomic mass is 10.3. The van der Waals surface area contributed by atoms with E-state index in [-0.39, 0.29) is 0 Å². The first kappa shape index (κ1) is 13.8. The highest BCUT2D eigenvalue weighted by Gasteiger charge is 2.21. The summed E-state index contributed by atoms with van der Waals surface area (Å²) in [6, 6.07) is 6.76. The van der Waals surface area contributed by atoms with Crippen molar-refractivity contribution in [2.24, 2.45) is 0 Å². The van der Waals surface area contributed by atoms with Crippen LogP contribution in [0.4, 0.5) is 0 Å². The summed E-state index contributed by atoms with van der Waals surface area (Å²) >= 11 is 1.79. The van der Waals surface area contributed by atoms with Gasteiger partial charge in [-0.15, -0.1) is 0 Å². The van der Waals surface area contributed by atoms with Crippen molar-refractivity contribution in [3.8, 4) is 5.75 Å². The number of thioether (sulfide) groups is 1. The highest BCUT2D eigenvalue weighted by molar-refractivity contribution is 7.99. The number of aromatic nitrogens is 2. The van der Waals surface area contributed by atoms with E-state index in [4.69, 9.17) is 4.74 Å². The fourth-order valence-corrected chi connectivity index (χ4v) is 3.01. The number of aromatic amines is 1. The Kier molecular flexibility index (Phi) is 4.17. The lowest BCUT2D eigenvalue weighted by Crippen LogP contribution is -2.24. The van der Waals surface area contributed by atoms with Crippen molar-refractivity contribution in [3.63, 3.8) is 0 Å². The fraction of sp³-hybridized carbons (Fsp3) is 0.533. The van der Waals surface area contributed by atoms with E-state index >= 15 is 0 Å². The molecule has 1 atom stereocenters. The van der Waals surface area contributed by atoms with Gasteiger partial charge in [0.15, 0.2) is 5.16 Å². The van der Waals surface area contributed by atoms with Crippen molar-refractivity contribution < 1.29 is 4.74 Å². The number of hydrogen-bond donors (Lipinski definition) is 2. The van der Waals surface area contributed by atoms with Crippen LogP contribution in [0, 0.1) is 0 Å². The molecule has 3 rings (SSSR count). The standard InChI is InChI=1S/C15H21N3OS/c1-3-19-12-6-7-13-14(8-12)18-15(17-13)20-10(2)9-16-11-4-5-11/h6-8,10-11,16H,3-5,9H2,1-2H3,(H,17,18). The van der Waals surface area contributed by atoms with Crippen molar-refractivity contribution in [3.05, 3.63) is 18.2 Å². The molecule has 2 aromatic rings. The van der Waals surface area contributed by atoms with Crippen LogP contribution in [-0.4, -0.2) is 34.4 Å². The van der Waals surface area contributed by atoms with Gasteiger partial charge in [0.05, 0.1) is 17.6 Å². The third-order valence-electron chi connectivity index (χ3n) is 3.33. The predicted octanol–water partition coefficient (Wildman–Crippen LogP) is 3.19. The van der Waals surface area contributed by atoms with Gasteiger partial charge < -0.3 is 15.0 Å². The Hall–Kier alpha value is -1.20. The van der Waals surface area contributed by atoms with Gasteiger partial charge in [-0.3, -0.25) is 0 Å². The number of nitrogens with zero attached hydrogens (tertiary/aromatic N) is 1. The van der Waals surface area contributed by atoms with Crippen LogP contribution < -0.4 is 10.1 Å². The second-order valence-electron chi connectivity index (χ2n) is 5.26. The Morgan fingerprint density at radius 3 is 3.10 bits per heavy atom. The van der Waals surface area contributed by atoms with E-state index in [1.807, 2.05) is 25.1 Å². The Labute approximate surface area is 123 Å². The van der Waals surface area contributed by atoms with E-state index in [1.165, 1.54) is 12.8 Å². The third kappa shape index (κ3) is 3.46. The smallest absolute Gasteiger partial charge is 0.166 e. The van der Waals surface area contributed by atoms with Gasteiger partial charge in [0, 0.05) is 23.9 Å². The first-order chi connectivity index (χ1) is 9.74. The first-order valence-electron chi connectivity index (χ1n) is 7.27. The molecule has 2 N–H and O–H groups in total. The number of H-pyrrole nitrogens is 1. The molecule has 1 aliphatic rings. The third-order valence-corrected chi connectivity index (χ3v) is 4.31. The van der Waals surface area contributed by atoms with Crippen molar-refractivity contribution >= 4 is 22.8 Å². The summed E-state index contributed by atoms with van der Waals surface area (Å²) in [4.78, 5) is 7.99. The minimum atomic E-state index is 0.516. The number of ether oxygens (including phenoxy) is 1. The van der Waals surface area contributed by atoms with E-state index in [0.29, 0.717) is 11.9 Å². The average molecular weight is 291 g/mol. The number of imidazole rings is 1. The highest BCUT2D eigenvalue weighted by Crippen LogP contribution is 2.26. The lowest BCUT2D eigenvalue weighted by Gasteiger charge is -2.09. The van der Waals surface area contributed by atoms with Gasteiger partial charge in [0.1, 0.15) is 5.75 Å². The average Bonchev–Trinajstić information content (AvgIpc) is 3.17. The molecule has 20 heavy (non-hydrogen) atoms. The molecule has 1 unspecified atom stereocenters. The largest absolute Gasteiger partial charge is 0.494 e. The van der Waals surface area contributed by atoms with Gasteiger partial charge in [0.25, 0.3) is 0 Å². The maximum absolute atomic E-state index is 5.51. The Morgan fingerprint density at radius 2 is 2.35 bits per heavy atom. The highest BCUT2D eigenvalue weighted by atomic mass is 32.2. The zero-order valence-corrected chi connectivity index (χ0v) is 12.8. The maximum Gasteiger partial charge on any atom is 0.166 e. The molecule has 1 heterocycles. The van der Waals surface area contributed by atoms with Crippen LogP contribution >= 0.6 is 11.8 Å². The second kappa shape index (κ2) is 6.06. The summed E-state index contributed by atoms with van der Waals surface area (Å²) in [7, 11) is 0. The molecule has 0 radical (unpaired) electrons. The topological polar surface area (TPSA) is 49.9 Å². The monoisotopic (exact) mass is 291 g/mol. The van der Waals surface area contributed by atoms with E-state index in [2.05, 4.69) is 22.2 Å². The molecule has 0 bridgehead atoms. The Balaban J connectivity index is 1.64. The molecule has 5 heteroatoms. The van der Waals surface area contributed by atoms with E-state index < -0.39 is 0 Å². The van der Waals surface area contributed by atoms with Crippen molar-refractivity contribution in [2.75, 3.05) is 13.2 Å². The van der Waals surface area contributed by atoms with Crippen LogP contribution in [0.3, 0.4) is 0 Å². The predicted molar refractivity (Wildman–Crippen MR) is 83.6 cm³/mol. The summed E-state index contributed by atoms with van der Waals surface area (Å²) in [5, 5.41) is 5.05. The quantitative estimate of drug-likeness (QED) is 0.769. The molecule has 0 amide bonds. The maximum atomic E-state index is 5.51. The van der Waals surface area contributed by atoms with Crippen molar-refractivity contribution in [1.82, 2.24) is 15.3 Å². The van der Waals surface area contributed by atoms with Gasteiger partial charge in [-0.1, -0.05) is 18.7 Å². The van der Waals surface area contributed by atoms with Gasteiger partial charge in [-0.25, -0.2) is 4.98 Å². The summed E-state index contributed by atoms with van der Waals surface area (Å²) < 4.78 is 5.51. The minimum Gasteiger partial charge on any atom is -0.494 e. The molecule has 4 nitrogen and oxygen atoms in total. The van der Waals surface area contributed by atoms with Crippen molar-refractivity contribution in [2.45, 2.75) is 43.1 Å². The van der Waals surface area contributed by atoms with Crippen LogP contribution in [0.1, 0.15) is 26.7 Å². The summed E-state index contributed by atoms with van der Waals surface area (Å²) in [6.07, 6.45) is 2.67. The van der Waals surface area contributed by atoms with Gasteiger partial charge in [-0.05, 0) is 31.9 Å². The molecule has 0 saturated heterocycles. The molecule has 0 spiro atoms. The number of benzene rings is 1. The fourth-order valence-electron chi connectivity index (χ4n) is 2.13. The molecule has 1 aromatic carbocycles. The SMILES string of the molecule is CCOc1ccc2nc(SC(C)CNC3CC3)[nH]c2c1. The van der Waals surface area contributed by atoms with Crippen LogP contribution in [0.5, 0.6) is 5.75 Å². The van der Waals surface area contributed by atoms with Gasteiger partial charge in [-0.2, -0.15) is 0 Å². The molecule has 1 saturated carbocycles. The lowest BCUT2D eigenvalue weighted by molar-refractivity contribution is 0.340. The second-order valence-corrected chi connectivity index (χ2v) is 6.69. The Morgan fingerprint density at radius 1 is 1.50 bits per heavy atom. The first-order valence-corrected chi connectivity index (χ1v) is 8.15. The van der Waals surface area contributed by atoms with Crippen LogP contribution in [0.2, 0.25) is 0 Å². The molecule has 1 aromatic heterocycles. The normalized spacial score (nSPS) is 16.5.